The number of amides is 2. The van der Waals surface area contributed by atoms with Crippen molar-refractivity contribution in [3.8, 4) is 17.0 Å². The van der Waals surface area contributed by atoms with Crippen LogP contribution in [0.15, 0.2) is 58.9 Å². The maximum absolute atomic E-state index is 13.0. The molecule has 0 atom stereocenters. The predicted octanol–water partition coefficient (Wildman–Crippen LogP) is 4.84. The first-order chi connectivity index (χ1) is 14.2. The van der Waals surface area contributed by atoms with Crippen molar-refractivity contribution >= 4 is 51.5 Å². The number of rotatable bonds is 8. The van der Waals surface area contributed by atoms with Gasteiger partial charge in [0.25, 0.3) is 5.91 Å². The van der Waals surface area contributed by atoms with Gasteiger partial charge in [0.05, 0.1) is 5.75 Å². The van der Waals surface area contributed by atoms with E-state index in [1.807, 2.05) is 30.3 Å². The first-order valence-corrected chi connectivity index (χ1v) is 11.2. The Bertz CT molecular complexity index is 1040. The number of halogens is 1. The van der Waals surface area contributed by atoms with Crippen LogP contribution in [0.1, 0.15) is 13.8 Å². The molecule has 0 aliphatic heterocycles. The van der Waals surface area contributed by atoms with Gasteiger partial charge >= 0.3 is 0 Å². The zero-order valence-electron chi connectivity index (χ0n) is 16.3. The zero-order chi connectivity index (χ0) is 21.7. The Labute approximate surface area is 187 Å². The lowest BCUT2D eigenvalue weighted by Crippen LogP contribution is -2.42. The fourth-order valence-corrected chi connectivity index (χ4v) is 4.39. The van der Waals surface area contributed by atoms with Gasteiger partial charge in [-0.1, -0.05) is 65.0 Å². The van der Waals surface area contributed by atoms with Crippen LogP contribution in [-0.2, 0) is 9.59 Å². The Balaban J connectivity index is 1.83. The lowest BCUT2D eigenvalue weighted by Gasteiger charge is -2.25. The summed E-state index contributed by atoms with van der Waals surface area (Å²) < 4.78 is 6.51. The van der Waals surface area contributed by atoms with Crippen LogP contribution in [0.25, 0.3) is 11.3 Å². The summed E-state index contributed by atoms with van der Waals surface area (Å²) in [7, 11) is 0. The van der Waals surface area contributed by atoms with Gasteiger partial charge in [-0.3, -0.25) is 9.59 Å². The minimum atomic E-state index is -1.15. The van der Waals surface area contributed by atoms with Gasteiger partial charge in [0.1, 0.15) is 16.4 Å². The fraction of sp³-hybridized carbons (Fsp3) is 0.190. The Morgan fingerprint density at radius 3 is 2.47 bits per heavy atom. The number of hydrogen-bond acceptors (Lipinski definition) is 6. The Kier molecular flexibility index (Phi) is 7.02. The summed E-state index contributed by atoms with van der Waals surface area (Å²) in [6.07, 6.45) is 0. The van der Waals surface area contributed by atoms with Gasteiger partial charge in [0, 0.05) is 10.6 Å². The number of nitrogens with zero attached hydrogens (tertiary/aromatic N) is 1. The SMILES string of the molecule is CC(C)(Oc1ccc(Cl)cc1)C(=O)Nc1sc(SCC(N)=O)nc1-c1ccccc1. The van der Waals surface area contributed by atoms with Crippen LogP contribution < -0.4 is 15.8 Å². The molecule has 30 heavy (non-hydrogen) atoms. The molecule has 0 aliphatic carbocycles. The van der Waals surface area contributed by atoms with Crippen molar-refractivity contribution in [1.29, 1.82) is 0 Å². The summed E-state index contributed by atoms with van der Waals surface area (Å²) in [6.45, 7) is 3.37. The molecule has 6 nitrogen and oxygen atoms in total. The van der Waals surface area contributed by atoms with Crippen molar-refractivity contribution < 1.29 is 14.3 Å². The molecule has 0 fully saturated rings. The zero-order valence-corrected chi connectivity index (χ0v) is 18.7. The minimum absolute atomic E-state index is 0.111. The highest BCUT2D eigenvalue weighted by Crippen LogP contribution is 2.38. The van der Waals surface area contributed by atoms with E-state index in [1.165, 1.54) is 23.1 Å². The van der Waals surface area contributed by atoms with E-state index in [4.69, 9.17) is 22.1 Å². The number of nitrogens with one attached hydrogen (secondary N) is 1. The van der Waals surface area contributed by atoms with E-state index in [0.29, 0.717) is 25.8 Å². The molecular weight excluding hydrogens is 442 g/mol. The molecule has 156 valence electrons. The molecule has 0 radical (unpaired) electrons. The van der Waals surface area contributed by atoms with Gasteiger partial charge in [0.15, 0.2) is 9.94 Å². The Hall–Kier alpha value is -2.55. The third-order valence-electron chi connectivity index (χ3n) is 3.95. The number of carbonyl (C=O) groups excluding carboxylic acids is 2. The Morgan fingerprint density at radius 1 is 1.17 bits per heavy atom. The van der Waals surface area contributed by atoms with E-state index in [1.54, 1.807) is 38.1 Å². The van der Waals surface area contributed by atoms with Gasteiger partial charge in [0.2, 0.25) is 5.91 Å². The number of nitrogens with two attached hydrogens (primary N) is 1. The van der Waals surface area contributed by atoms with Crippen molar-refractivity contribution in [3.63, 3.8) is 0 Å². The van der Waals surface area contributed by atoms with Gasteiger partial charge in [-0.15, -0.1) is 0 Å². The number of anilines is 1. The second-order valence-electron chi connectivity index (χ2n) is 6.80. The number of primary amides is 1. The standard InChI is InChI=1S/C21H20ClN3O3S2/c1-21(2,28-15-10-8-14(22)9-11-15)19(27)25-18-17(13-6-4-3-5-7-13)24-20(30-18)29-12-16(23)26/h3-11H,12H2,1-2H3,(H2,23,26)(H,25,27). The average Bonchev–Trinajstić information content (AvgIpc) is 3.11. The van der Waals surface area contributed by atoms with Gasteiger partial charge in [-0.05, 0) is 38.1 Å². The molecule has 3 N–H and O–H groups in total. The summed E-state index contributed by atoms with van der Waals surface area (Å²) in [5, 5.41) is 4.09. The second kappa shape index (κ2) is 9.51. The molecule has 0 aliphatic rings. The normalized spacial score (nSPS) is 11.2. The van der Waals surface area contributed by atoms with Gasteiger partial charge in [-0.25, -0.2) is 4.98 Å². The van der Waals surface area contributed by atoms with Crippen LogP contribution in [0.2, 0.25) is 5.02 Å². The monoisotopic (exact) mass is 461 g/mol. The topological polar surface area (TPSA) is 94.3 Å². The van der Waals surface area contributed by atoms with Crippen molar-refractivity contribution in [2.24, 2.45) is 5.73 Å². The van der Waals surface area contributed by atoms with E-state index < -0.39 is 11.5 Å². The van der Waals surface area contributed by atoms with Crippen LogP contribution in [0.5, 0.6) is 5.75 Å². The highest BCUT2D eigenvalue weighted by molar-refractivity contribution is 8.01. The molecular formula is C21H20ClN3O3S2. The van der Waals surface area contributed by atoms with Crippen LogP contribution in [0, 0.1) is 0 Å². The highest BCUT2D eigenvalue weighted by atomic mass is 35.5. The number of benzene rings is 2. The Morgan fingerprint density at radius 2 is 1.83 bits per heavy atom. The van der Waals surface area contributed by atoms with E-state index in [9.17, 15) is 9.59 Å². The summed E-state index contributed by atoms with van der Waals surface area (Å²) in [4.78, 5) is 28.7. The molecule has 1 heterocycles. The molecule has 2 amide bonds. The summed E-state index contributed by atoms with van der Waals surface area (Å²) >= 11 is 8.43. The molecule has 3 aromatic rings. The van der Waals surface area contributed by atoms with Crippen molar-refractivity contribution in [2.75, 3.05) is 11.1 Å². The molecule has 0 saturated heterocycles. The average molecular weight is 462 g/mol. The van der Waals surface area contributed by atoms with Gasteiger partial charge in [-0.2, -0.15) is 0 Å². The quantitative estimate of drug-likeness (QED) is 0.468. The molecule has 9 heteroatoms. The van der Waals surface area contributed by atoms with Crippen LogP contribution in [0.3, 0.4) is 0 Å². The number of thioether (sulfide) groups is 1. The van der Waals surface area contributed by atoms with E-state index in [0.717, 1.165) is 5.56 Å². The smallest absolute Gasteiger partial charge is 0.268 e. The number of hydrogen-bond donors (Lipinski definition) is 2. The summed E-state index contributed by atoms with van der Waals surface area (Å²) in [6, 6.07) is 16.3. The van der Waals surface area contributed by atoms with Crippen LogP contribution >= 0.6 is 34.7 Å². The third-order valence-corrected chi connectivity index (χ3v) is 6.34. The lowest BCUT2D eigenvalue weighted by atomic mass is 10.1. The number of aromatic nitrogens is 1. The predicted molar refractivity (Wildman–Crippen MR) is 122 cm³/mol. The largest absolute Gasteiger partial charge is 0.478 e. The second-order valence-corrected chi connectivity index (χ2v) is 9.46. The maximum Gasteiger partial charge on any atom is 0.268 e. The van der Waals surface area contributed by atoms with E-state index >= 15 is 0 Å². The van der Waals surface area contributed by atoms with Gasteiger partial charge < -0.3 is 15.8 Å². The van der Waals surface area contributed by atoms with Crippen LogP contribution in [0.4, 0.5) is 5.00 Å². The lowest BCUT2D eigenvalue weighted by molar-refractivity contribution is -0.128. The molecule has 0 saturated carbocycles. The first-order valence-electron chi connectivity index (χ1n) is 8.98. The summed E-state index contributed by atoms with van der Waals surface area (Å²) in [5.41, 5.74) is 5.57. The number of thiazole rings is 1. The van der Waals surface area contributed by atoms with E-state index in [-0.39, 0.29) is 11.7 Å². The maximum atomic E-state index is 13.0. The van der Waals surface area contributed by atoms with E-state index in [2.05, 4.69) is 10.3 Å². The minimum Gasteiger partial charge on any atom is -0.478 e. The molecule has 0 spiro atoms. The molecule has 0 unspecified atom stereocenters. The summed E-state index contributed by atoms with van der Waals surface area (Å²) in [5.74, 6) is -0.116. The van der Waals surface area contributed by atoms with Crippen LogP contribution in [-0.4, -0.2) is 28.2 Å². The fourth-order valence-electron chi connectivity index (χ4n) is 2.47. The molecule has 3 rings (SSSR count). The van der Waals surface area contributed by atoms with Crippen molar-refractivity contribution in [1.82, 2.24) is 4.98 Å². The molecule has 1 aromatic heterocycles. The number of carbonyl (C=O) groups is 2. The highest BCUT2D eigenvalue weighted by Gasteiger charge is 2.31. The molecule has 0 bridgehead atoms. The third kappa shape index (κ3) is 5.75. The van der Waals surface area contributed by atoms with Crippen molar-refractivity contribution in [2.45, 2.75) is 23.8 Å². The molecule has 2 aromatic carbocycles. The van der Waals surface area contributed by atoms with Crippen molar-refractivity contribution in [3.05, 3.63) is 59.6 Å². The number of ether oxygens (including phenoxy) is 1. The first kappa shape index (κ1) is 22.1.